The largest absolute Gasteiger partial charge is 0.356 e. The highest BCUT2D eigenvalue weighted by Gasteiger charge is 2.21. The first-order valence-electron chi connectivity index (χ1n) is 7.63. The summed E-state index contributed by atoms with van der Waals surface area (Å²) >= 11 is 0. The molecule has 6 heteroatoms. The van der Waals surface area contributed by atoms with Gasteiger partial charge >= 0.3 is 0 Å². The van der Waals surface area contributed by atoms with Crippen LogP contribution in [0.5, 0.6) is 0 Å². The van der Waals surface area contributed by atoms with Gasteiger partial charge in [-0.1, -0.05) is 13.0 Å². The van der Waals surface area contributed by atoms with Crippen LogP contribution < -0.4 is 10.6 Å². The number of rotatable bonds is 6. The van der Waals surface area contributed by atoms with E-state index >= 15 is 0 Å². The first-order valence-corrected chi connectivity index (χ1v) is 7.63. The highest BCUT2D eigenvalue weighted by atomic mass is 35.5. The molecule has 1 aromatic rings. The number of carbonyl (C=O) groups is 1. The number of hydrogen-bond donors (Lipinski definition) is 2. The lowest BCUT2D eigenvalue weighted by atomic mass is 9.84. The van der Waals surface area contributed by atoms with Gasteiger partial charge in [0.25, 0.3) is 0 Å². The van der Waals surface area contributed by atoms with E-state index in [1.807, 2.05) is 18.2 Å². The fourth-order valence-corrected chi connectivity index (χ4v) is 2.82. The second-order valence-corrected chi connectivity index (χ2v) is 5.69. The third-order valence-electron chi connectivity index (χ3n) is 4.13. The van der Waals surface area contributed by atoms with Gasteiger partial charge in [0.2, 0.25) is 5.91 Å². The second-order valence-electron chi connectivity index (χ2n) is 5.69. The van der Waals surface area contributed by atoms with E-state index in [-0.39, 0.29) is 30.7 Å². The Bertz CT molecular complexity index is 411. The molecule has 0 saturated carbocycles. The number of carbonyl (C=O) groups excluding carboxylic acids is 1. The fourth-order valence-electron chi connectivity index (χ4n) is 2.82. The van der Waals surface area contributed by atoms with Crippen LogP contribution in [0.1, 0.15) is 31.9 Å². The van der Waals surface area contributed by atoms with Gasteiger partial charge < -0.3 is 10.6 Å². The molecule has 4 nitrogen and oxygen atoms in total. The van der Waals surface area contributed by atoms with Gasteiger partial charge in [-0.25, -0.2) is 0 Å². The molecule has 1 fully saturated rings. The Balaban J connectivity index is 0.00000220. The number of nitrogens with zero attached hydrogens (tertiary/aromatic N) is 1. The minimum absolute atomic E-state index is 0. The molecule has 2 N–H and O–H groups in total. The number of pyridine rings is 1. The van der Waals surface area contributed by atoms with Gasteiger partial charge in [-0.3, -0.25) is 9.78 Å². The molecule has 0 radical (unpaired) electrons. The number of piperidine rings is 1. The van der Waals surface area contributed by atoms with Crippen molar-refractivity contribution >= 4 is 30.7 Å². The van der Waals surface area contributed by atoms with Crippen molar-refractivity contribution in [1.82, 2.24) is 15.6 Å². The summed E-state index contributed by atoms with van der Waals surface area (Å²) in [5.41, 5.74) is 1.03. The highest BCUT2D eigenvalue weighted by Crippen LogP contribution is 2.23. The molecule has 1 aliphatic rings. The Labute approximate surface area is 145 Å². The van der Waals surface area contributed by atoms with Gasteiger partial charge in [-0.2, -0.15) is 0 Å². The molecule has 1 saturated heterocycles. The third kappa shape index (κ3) is 7.43. The normalized spacial score (nSPS) is 16.0. The zero-order valence-electron chi connectivity index (χ0n) is 13.1. The van der Waals surface area contributed by atoms with Gasteiger partial charge in [-0.05, 0) is 49.9 Å². The molecule has 2 rings (SSSR count). The van der Waals surface area contributed by atoms with Crippen molar-refractivity contribution in [3.63, 3.8) is 0 Å². The Morgan fingerprint density at radius 1 is 1.36 bits per heavy atom. The molecule has 0 aliphatic carbocycles. The van der Waals surface area contributed by atoms with Crippen LogP contribution in [-0.4, -0.2) is 30.5 Å². The molecule has 126 valence electrons. The molecule has 0 bridgehead atoms. The molecule has 1 amide bonds. The predicted octanol–water partition coefficient (Wildman–Crippen LogP) is 2.61. The van der Waals surface area contributed by atoms with Crippen molar-refractivity contribution in [2.24, 2.45) is 11.8 Å². The van der Waals surface area contributed by atoms with Gasteiger partial charge in [0.05, 0.1) is 0 Å². The zero-order valence-corrected chi connectivity index (χ0v) is 14.7. The fraction of sp³-hybridized carbons (Fsp3) is 0.625. The number of halogens is 2. The van der Waals surface area contributed by atoms with E-state index < -0.39 is 0 Å². The van der Waals surface area contributed by atoms with Gasteiger partial charge in [0.1, 0.15) is 0 Å². The third-order valence-corrected chi connectivity index (χ3v) is 4.13. The van der Waals surface area contributed by atoms with Crippen LogP contribution in [0.4, 0.5) is 0 Å². The van der Waals surface area contributed by atoms with Crippen molar-refractivity contribution < 1.29 is 4.79 Å². The highest BCUT2D eigenvalue weighted by molar-refractivity contribution is 5.85. The minimum atomic E-state index is 0. The van der Waals surface area contributed by atoms with Crippen molar-refractivity contribution in [2.75, 3.05) is 19.6 Å². The zero-order chi connectivity index (χ0) is 14.2. The SMILES string of the molecule is CC(CC(=O)NCCc1ccccn1)C1CCNCC1.Cl.Cl. The van der Waals surface area contributed by atoms with Crippen LogP contribution in [0, 0.1) is 11.8 Å². The maximum atomic E-state index is 11.9. The molecule has 1 unspecified atom stereocenters. The van der Waals surface area contributed by atoms with Crippen LogP contribution >= 0.6 is 24.8 Å². The number of nitrogens with one attached hydrogen (secondary N) is 2. The molecule has 1 aliphatic heterocycles. The lowest BCUT2D eigenvalue weighted by Gasteiger charge is -2.27. The van der Waals surface area contributed by atoms with E-state index in [1.165, 1.54) is 12.8 Å². The Morgan fingerprint density at radius 3 is 2.73 bits per heavy atom. The van der Waals surface area contributed by atoms with Crippen LogP contribution in [-0.2, 0) is 11.2 Å². The minimum Gasteiger partial charge on any atom is -0.356 e. The first kappa shape index (κ1) is 21.2. The predicted molar refractivity (Wildman–Crippen MR) is 94.8 cm³/mol. The molecule has 2 heterocycles. The number of amides is 1. The number of aromatic nitrogens is 1. The summed E-state index contributed by atoms with van der Waals surface area (Å²) in [6.07, 6.45) is 5.63. The lowest BCUT2D eigenvalue weighted by molar-refractivity contribution is -0.122. The summed E-state index contributed by atoms with van der Waals surface area (Å²) in [6.45, 7) is 5.07. The topological polar surface area (TPSA) is 54.0 Å². The second kappa shape index (κ2) is 11.7. The van der Waals surface area contributed by atoms with Crippen LogP contribution in [0.3, 0.4) is 0 Å². The summed E-state index contributed by atoms with van der Waals surface area (Å²) in [4.78, 5) is 16.2. The van der Waals surface area contributed by atoms with Gasteiger partial charge in [0.15, 0.2) is 0 Å². The standard InChI is InChI=1S/C16H25N3O.2ClH/c1-13(14-5-9-17-10-6-14)12-16(20)19-11-7-15-4-2-3-8-18-15;;/h2-4,8,13-14,17H,5-7,9-12H2,1H3,(H,19,20);2*1H. The van der Waals surface area contributed by atoms with Crippen molar-refractivity contribution in [3.8, 4) is 0 Å². The average molecular weight is 348 g/mol. The summed E-state index contributed by atoms with van der Waals surface area (Å²) in [5.74, 6) is 1.34. The molecule has 0 aromatic carbocycles. The van der Waals surface area contributed by atoms with Crippen molar-refractivity contribution in [2.45, 2.75) is 32.6 Å². The summed E-state index contributed by atoms with van der Waals surface area (Å²) in [5, 5.41) is 6.37. The molecule has 1 atom stereocenters. The van der Waals surface area contributed by atoms with E-state index in [0.717, 1.165) is 25.2 Å². The quantitative estimate of drug-likeness (QED) is 0.831. The first-order chi connectivity index (χ1) is 9.75. The smallest absolute Gasteiger partial charge is 0.220 e. The van der Waals surface area contributed by atoms with E-state index in [1.54, 1.807) is 6.20 Å². The van der Waals surface area contributed by atoms with E-state index in [4.69, 9.17) is 0 Å². The summed E-state index contributed by atoms with van der Waals surface area (Å²) < 4.78 is 0. The average Bonchev–Trinajstić information content (AvgIpc) is 2.49. The van der Waals surface area contributed by atoms with E-state index in [2.05, 4.69) is 22.5 Å². The molecular weight excluding hydrogens is 321 g/mol. The maximum Gasteiger partial charge on any atom is 0.220 e. The Hall–Kier alpha value is -0.840. The van der Waals surface area contributed by atoms with Crippen LogP contribution in [0.25, 0.3) is 0 Å². The number of hydrogen-bond acceptors (Lipinski definition) is 3. The molecular formula is C16H27Cl2N3O. The Morgan fingerprint density at radius 2 is 2.09 bits per heavy atom. The van der Waals surface area contributed by atoms with Gasteiger partial charge in [0, 0.05) is 31.3 Å². The molecule has 22 heavy (non-hydrogen) atoms. The molecule has 0 spiro atoms. The van der Waals surface area contributed by atoms with Crippen molar-refractivity contribution in [3.05, 3.63) is 30.1 Å². The van der Waals surface area contributed by atoms with Crippen LogP contribution in [0.2, 0.25) is 0 Å². The van der Waals surface area contributed by atoms with Crippen LogP contribution in [0.15, 0.2) is 24.4 Å². The monoisotopic (exact) mass is 347 g/mol. The summed E-state index contributed by atoms with van der Waals surface area (Å²) in [6, 6.07) is 5.87. The maximum absolute atomic E-state index is 11.9. The molecule has 1 aromatic heterocycles. The summed E-state index contributed by atoms with van der Waals surface area (Å²) in [7, 11) is 0. The lowest BCUT2D eigenvalue weighted by Crippen LogP contribution is -2.34. The van der Waals surface area contributed by atoms with Crippen molar-refractivity contribution in [1.29, 1.82) is 0 Å². The Kier molecular flexibility index (Phi) is 11.2. The van der Waals surface area contributed by atoms with E-state index in [9.17, 15) is 4.79 Å². The van der Waals surface area contributed by atoms with Gasteiger partial charge in [-0.15, -0.1) is 24.8 Å². The van der Waals surface area contributed by atoms with E-state index in [0.29, 0.717) is 24.8 Å².